The summed E-state index contributed by atoms with van der Waals surface area (Å²) < 4.78 is 3.17. The number of amides is 1. The number of hydrogen-bond donors (Lipinski definition) is 1. The van der Waals surface area contributed by atoms with Gasteiger partial charge in [-0.3, -0.25) is 14.2 Å². The van der Waals surface area contributed by atoms with E-state index in [0.29, 0.717) is 42.1 Å². The molecule has 0 saturated carbocycles. The van der Waals surface area contributed by atoms with E-state index >= 15 is 0 Å². The summed E-state index contributed by atoms with van der Waals surface area (Å²) in [5.74, 6) is -0.0734. The van der Waals surface area contributed by atoms with E-state index in [2.05, 4.69) is 27.5 Å². The topological polar surface area (TPSA) is 81.8 Å². The van der Waals surface area contributed by atoms with Gasteiger partial charge in [-0.1, -0.05) is 78.3 Å². The van der Waals surface area contributed by atoms with Crippen molar-refractivity contribution in [1.29, 1.82) is 0 Å². The molecule has 36 heavy (non-hydrogen) atoms. The number of nitrogens with one attached hydrogen (secondary N) is 1. The van der Waals surface area contributed by atoms with Gasteiger partial charge in [0.2, 0.25) is 5.91 Å². The number of halogens is 1. The molecule has 0 saturated heterocycles. The molecule has 180 valence electrons. The fraction of sp³-hybridized carbons (Fsp3) is 0.143. The van der Waals surface area contributed by atoms with E-state index in [-0.39, 0.29) is 11.5 Å². The summed E-state index contributed by atoms with van der Waals surface area (Å²) in [5.41, 5.74) is 4.44. The number of carbonyl (C=O) groups excluding carboxylic acids is 1. The molecule has 0 aliphatic carbocycles. The van der Waals surface area contributed by atoms with Gasteiger partial charge in [-0.25, -0.2) is 9.67 Å². The summed E-state index contributed by atoms with van der Waals surface area (Å²) in [4.78, 5) is 29.8. The lowest BCUT2D eigenvalue weighted by molar-refractivity contribution is -0.120. The van der Waals surface area contributed by atoms with Crippen molar-refractivity contribution in [3.8, 4) is 11.1 Å². The summed E-state index contributed by atoms with van der Waals surface area (Å²) in [6, 6.07) is 25.5. The minimum absolute atomic E-state index is 0.0734. The Balaban J connectivity index is 1.18. The molecular formula is C28H24ClN5O2. The number of benzene rings is 3. The van der Waals surface area contributed by atoms with Crippen LogP contribution in [0.15, 0.2) is 96.2 Å². The molecule has 0 aliphatic rings. The third-order valence-corrected chi connectivity index (χ3v) is 6.17. The maximum atomic E-state index is 12.9. The average Bonchev–Trinajstić information content (AvgIpc) is 3.30. The van der Waals surface area contributed by atoms with Gasteiger partial charge in [0.25, 0.3) is 5.56 Å². The Morgan fingerprint density at radius 2 is 1.69 bits per heavy atom. The van der Waals surface area contributed by atoms with Crippen molar-refractivity contribution in [1.82, 2.24) is 24.6 Å². The van der Waals surface area contributed by atoms with Crippen molar-refractivity contribution in [2.24, 2.45) is 0 Å². The van der Waals surface area contributed by atoms with Gasteiger partial charge in [-0.15, -0.1) is 0 Å². The van der Waals surface area contributed by atoms with E-state index in [0.717, 1.165) is 22.3 Å². The van der Waals surface area contributed by atoms with Crippen LogP contribution in [0.1, 0.15) is 11.1 Å². The molecule has 1 N–H and O–H groups in total. The van der Waals surface area contributed by atoms with Crippen molar-refractivity contribution in [2.75, 3.05) is 6.54 Å². The van der Waals surface area contributed by atoms with Gasteiger partial charge in [0.15, 0.2) is 5.65 Å². The van der Waals surface area contributed by atoms with Crippen LogP contribution in [-0.2, 0) is 24.3 Å². The Labute approximate surface area is 213 Å². The largest absolute Gasteiger partial charge is 0.354 e. The number of aromatic nitrogens is 4. The Morgan fingerprint density at radius 1 is 0.917 bits per heavy atom. The zero-order chi connectivity index (χ0) is 24.9. The van der Waals surface area contributed by atoms with E-state index < -0.39 is 0 Å². The van der Waals surface area contributed by atoms with Gasteiger partial charge in [-0.05, 0) is 34.4 Å². The quantitative estimate of drug-likeness (QED) is 0.346. The summed E-state index contributed by atoms with van der Waals surface area (Å²) in [7, 11) is 0. The van der Waals surface area contributed by atoms with Crippen molar-refractivity contribution < 1.29 is 4.79 Å². The van der Waals surface area contributed by atoms with Crippen molar-refractivity contribution >= 4 is 28.5 Å². The first-order chi connectivity index (χ1) is 17.6. The lowest BCUT2D eigenvalue weighted by Crippen LogP contribution is -2.29. The molecule has 2 heterocycles. The van der Waals surface area contributed by atoms with Gasteiger partial charge in [0, 0.05) is 11.6 Å². The summed E-state index contributed by atoms with van der Waals surface area (Å²) >= 11 is 6.05. The number of hydrogen-bond acceptors (Lipinski definition) is 4. The summed E-state index contributed by atoms with van der Waals surface area (Å²) in [6.45, 7) is 1.16. The third-order valence-electron chi connectivity index (χ3n) is 5.94. The fourth-order valence-electron chi connectivity index (χ4n) is 4.10. The minimum Gasteiger partial charge on any atom is -0.354 e. The predicted octanol–water partition coefficient (Wildman–Crippen LogP) is 4.32. The van der Waals surface area contributed by atoms with Crippen molar-refractivity contribution in [3.05, 3.63) is 118 Å². The van der Waals surface area contributed by atoms with Crippen LogP contribution in [0.2, 0.25) is 5.02 Å². The standard InChI is InChI=1S/C28H24ClN5O2/c29-24-8-4-5-21(15-24)18-33-19-31-27-25(28(33)36)17-32-34(27)14-13-30-26(35)16-20-9-11-23(12-10-20)22-6-2-1-3-7-22/h1-12,15,17,19H,13-14,16,18H2,(H,30,35). The molecule has 0 bridgehead atoms. The molecule has 0 spiro atoms. The molecule has 0 atom stereocenters. The Bertz CT molecular complexity index is 1560. The Hall–Kier alpha value is -4.23. The van der Waals surface area contributed by atoms with Crippen LogP contribution in [-0.4, -0.2) is 31.8 Å². The lowest BCUT2D eigenvalue weighted by atomic mass is 10.0. The number of fused-ring (bicyclic) bond motifs is 1. The van der Waals surface area contributed by atoms with Crippen molar-refractivity contribution in [2.45, 2.75) is 19.5 Å². The lowest BCUT2D eigenvalue weighted by Gasteiger charge is -2.08. The van der Waals surface area contributed by atoms with Crippen LogP contribution >= 0.6 is 11.6 Å². The summed E-state index contributed by atoms with van der Waals surface area (Å²) in [6.07, 6.45) is 3.33. The van der Waals surface area contributed by atoms with Crippen LogP contribution in [0.3, 0.4) is 0 Å². The second-order valence-electron chi connectivity index (χ2n) is 8.50. The first-order valence-electron chi connectivity index (χ1n) is 11.6. The molecule has 0 aliphatic heterocycles. The van der Waals surface area contributed by atoms with Gasteiger partial charge in [0.05, 0.1) is 25.7 Å². The maximum Gasteiger partial charge on any atom is 0.264 e. The van der Waals surface area contributed by atoms with Gasteiger partial charge in [0.1, 0.15) is 11.7 Å². The highest BCUT2D eigenvalue weighted by Gasteiger charge is 2.11. The SMILES string of the molecule is O=C(Cc1ccc(-c2ccccc2)cc1)NCCn1ncc2c(=O)n(Cc3cccc(Cl)c3)cnc21. The zero-order valence-corrected chi connectivity index (χ0v) is 20.2. The molecule has 0 fully saturated rings. The van der Waals surface area contributed by atoms with E-state index in [1.807, 2.05) is 60.7 Å². The maximum absolute atomic E-state index is 12.9. The smallest absolute Gasteiger partial charge is 0.264 e. The number of nitrogens with zero attached hydrogens (tertiary/aromatic N) is 4. The van der Waals surface area contributed by atoms with Gasteiger partial charge >= 0.3 is 0 Å². The third kappa shape index (κ3) is 5.37. The second kappa shape index (κ2) is 10.6. The highest BCUT2D eigenvalue weighted by atomic mass is 35.5. The highest BCUT2D eigenvalue weighted by molar-refractivity contribution is 6.30. The second-order valence-corrected chi connectivity index (χ2v) is 8.94. The molecule has 3 aromatic carbocycles. The molecule has 2 aromatic heterocycles. The van der Waals surface area contributed by atoms with Crippen LogP contribution in [0.4, 0.5) is 0 Å². The average molecular weight is 498 g/mol. The molecule has 7 nitrogen and oxygen atoms in total. The van der Waals surface area contributed by atoms with E-state index in [4.69, 9.17) is 11.6 Å². The minimum atomic E-state index is -0.172. The summed E-state index contributed by atoms with van der Waals surface area (Å²) in [5, 5.41) is 8.28. The molecule has 5 aromatic rings. The van der Waals surface area contributed by atoms with E-state index in [9.17, 15) is 9.59 Å². The first kappa shape index (κ1) is 23.5. The molecule has 5 rings (SSSR count). The number of carbonyl (C=O) groups is 1. The molecule has 0 unspecified atom stereocenters. The van der Waals surface area contributed by atoms with Crippen LogP contribution in [0, 0.1) is 0 Å². The Kier molecular flexibility index (Phi) is 6.91. The fourth-order valence-corrected chi connectivity index (χ4v) is 4.31. The van der Waals surface area contributed by atoms with Crippen molar-refractivity contribution in [3.63, 3.8) is 0 Å². The van der Waals surface area contributed by atoms with E-state index in [1.165, 1.54) is 17.1 Å². The number of rotatable bonds is 8. The van der Waals surface area contributed by atoms with E-state index in [1.54, 1.807) is 10.7 Å². The van der Waals surface area contributed by atoms with Gasteiger partial charge in [-0.2, -0.15) is 5.10 Å². The monoisotopic (exact) mass is 497 g/mol. The normalized spacial score (nSPS) is 11.0. The van der Waals surface area contributed by atoms with Crippen LogP contribution in [0.25, 0.3) is 22.2 Å². The van der Waals surface area contributed by atoms with Gasteiger partial charge < -0.3 is 5.32 Å². The first-order valence-corrected chi connectivity index (χ1v) is 12.0. The Morgan fingerprint density at radius 3 is 2.47 bits per heavy atom. The highest BCUT2D eigenvalue weighted by Crippen LogP contribution is 2.19. The predicted molar refractivity (Wildman–Crippen MR) is 141 cm³/mol. The van der Waals surface area contributed by atoms with Crippen LogP contribution < -0.4 is 10.9 Å². The molecular weight excluding hydrogens is 474 g/mol. The zero-order valence-electron chi connectivity index (χ0n) is 19.5. The molecule has 1 amide bonds. The molecule has 0 radical (unpaired) electrons. The molecule has 8 heteroatoms. The van der Waals surface area contributed by atoms with Crippen LogP contribution in [0.5, 0.6) is 0 Å².